The molecule has 5 nitrogen and oxygen atoms in total. The highest BCUT2D eigenvalue weighted by Crippen LogP contribution is 2.36. The van der Waals surface area contributed by atoms with Gasteiger partial charge in [-0.15, -0.1) is 0 Å². The highest BCUT2D eigenvalue weighted by Gasteiger charge is 2.33. The van der Waals surface area contributed by atoms with Crippen molar-refractivity contribution < 1.29 is 17.9 Å². The fourth-order valence-corrected chi connectivity index (χ4v) is 4.07. The van der Waals surface area contributed by atoms with Crippen LogP contribution >= 0.6 is 11.6 Å². The van der Waals surface area contributed by atoms with Crippen LogP contribution in [-0.2, 0) is 6.18 Å². The Morgan fingerprint density at radius 1 is 1.03 bits per heavy atom. The first-order chi connectivity index (χ1) is 15.8. The summed E-state index contributed by atoms with van der Waals surface area (Å²) in [7, 11) is 2.15. The lowest BCUT2D eigenvalue weighted by Crippen LogP contribution is -2.44. The first-order valence-corrected chi connectivity index (χ1v) is 11.2. The quantitative estimate of drug-likeness (QED) is 0.443. The number of aromatic nitrogens is 1. The van der Waals surface area contributed by atoms with Crippen LogP contribution in [0, 0.1) is 0 Å². The van der Waals surface area contributed by atoms with Crippen molar-refractivity contribution in [2.75, 3.05) is 51.7 Å². The molecule has 4 rings (SSSR count). The number of fused-ring (bicyclic) bond motifs is 1. The number of likely N-dealkylation sites (N-methyl/N-ethyl adjacent to an activating group) is 1. The molecule has 176 valence electrons. The van der Waals surface area contributed by atoms with Gasteiger partial charge in [-0.1, -0.05) is 11.6 Å². The number of alkyl halides is 3. The van der Waals surface area contributed by atoms with Crippen LogP contribution < -0.4 is 10.1 Å². The number of nitrogens with zero attached hydrogens (tertiary/aromatic N) is 3. The molecule has 1 aliphatic heterocycles. The molecule has 3 aromatic rings. The molecule has 0 amide bonds. The van der Waals surface area contributed by atoms with Crippen molar-refractivity contribution in [1.82, 2.24) is 14.8 Å². The van der Waals surface area contributed by atoms with E-state index in [1.54, 1.807) is 6.07 Å². The third-order valence-electron chi connectivity index (χ3n) is 5.69. The van der Waals surface area contributed by atoms with Crippen molar-refractivity contribution in [2.45, 2.75) is 12.6 Å². The lowest BCUT2D eigenvalue weighted by molar-refractivity contribution is -0.137. The van der Waals surface area contributed by atoms with E-state index in [4.69, 9.17) is 16.3 Å². The summed E-state index contributed by atoms with van der Waals surface area (Å²) >= 11 is 5.80. The van der Waals surface area contributed by atoms with Crippen molar-refractivity contribution >= 4 is 34.0 Å². The molecule has 2 heterocycles. The fourth-order valence-electron chi connectivity index (χ4n) is 3.78. The van der Waals surface area contributed by atoms with Crippen molar-refractivity contribution in [3.8, 4) is 5.75 Å². The minimum atomic E-state index is -4.48. The molecule has 0 bridgehead atoms. The van der Waals surface area contributed by atoms with Gasteiger partial charge in [-0.25, -0.2) is 4.98 Å². The van der Waals surface area contributed by atoms with Gasteiger partial charge in [0, 0.05) is 43.8 Å². The summed E-state index contributed by atoms with van der Waals surface area (Å²) in [4.78, 5) is 9.34. The average Bonchev–Trinajstić information content (AvgIpc) is 2.77. The van der Waals surface area contributed by atoms with Gasteiger partial charge in [-0.05, 0) is 62.0 Å². The fraction of sp³-hybridized carbons (Fsp3) is 0.375. The van der Waals surface area contributed by atoms with Crippen LogP contribution in [0.2, 0.25) is 5.02 Å². The van der Waals surface area contributed by atoms with E-state index < -0.39 is 11.7 Å². The van der Waals surface area contributed by atoms with Gasteiger partial charge in [0.2, 0.25) is 0 Å². The number of benzene rings is 2. The minimum absolute atomic E-state index is 0.359. The number of anilines is 2. The predicted octanol–water partition coefficient (Wildman–Crippen LogP) is 5.67. The summed E-state index contributed by atoms with van der Waals surface area (Å²) < 4.78 is 44.6. The lowest BCUT2D eigenvalue weighted by atomic mass is 10.2. The Morgan fingerprint density at radius 2 is 1.82 bits per heavy atom. The van der Waals surface area contributed by atoms with Crippen LogP contribution in [0.5, 0.6) is 5.75 Å². The lowest BCUT2D eigenvalue weighted by Gasteiger charge is -2.32. The van der Waals surface area contributed by atoms with Gasteiger partial charge in [-0.2, -0.15) is 13.2 Å². The van der Waals surface area contributed by atoms with Gasteiger partial charge < -0.3 is 19.9 Å². The molecule has 1 aliphatic rings. The average molecular weight is 479 g/mol. The Balaban J connectivity index is 1.33. The van der Waals surface area contributed by atoms with E-state index >= 15 is 0 Å². The van der Waals surface area contributed by atoms with E-state index in [0.717, 1.165) is 61.9 Å². The van der Waals surface area contributed by atoms with Crippen molar-refractivity contribution in [1.29, 1.82) is 0 Å². The zero-order valence-electron chi connectivity index (χ0n) is 18.3. The molecule has 0 radical (unpaired) electrons. The van der Waals surface area contributed by atoms with Crippen LogP contribution in [-0.4, -0.2) is 61.2 Å². The summed E-state index contributed by atoms with van der Waals surface area (Å²) in [5.41, 5.74) is 0.320. The standard InChI is InChI=1S/C24H26ClF3N4O/c1-31-10-12-32(13-11-31)9-2-14-33-19-5-7-22-17(15-19)3-8-23(30-22)29-18-4-6-20(21(25)16-18)24(26,27)28/h3-8,15-16H,2,9-14H2,1H3,(H,29,30). The maximum atomic E-state index is 12.9. The molecule has 1 fully saturated rings. The van der Waals surface area contributed by atoms with Gasteiger partial charge in [0.15, 0.2) is 0 Å². The molecule has 0 aliphatic carbocycles. The first-order valence-electron chi connectivity index (χ1n) is 10.9. The van der Waals surface area contributed by atoms with Crippen molar-refractivity contribution in [3.05, 3.63) is 59.1 Å². The van der Waals surface area contributed by atoms with Crippen LogP contribution in [0.1, 0.15) is 12.0 Å². The molecule has 1 N–H and O–H groups in total. The zero-order valence-corrected chi connectivity index (χ0v) is 19.1. The predicted molar refractivity (Wildman–Crippen MR) is 126 cm³/mol. The molecule has 0 unspecified atom stereocenters. The smallest absolute Gasteiger partial charge is 0.417 e. The summed E-state index contributed by atoms with van der Waals surface area (Å²) in [6, 6.07) is 12.9. The SMILES string of the molecule is CN1CCN(CCCOc2ccc3nc(Nc4ccc(C(F)(F)F)c(Cl)c4)ccc3c2)CC1. The Bertz CT molecular complexity index is 1100. The van der Waals surface area contributed by atoms with E-state index in [9.17, 15) is 13.2 Å². The number of rotatable bonds is 7. The van der Waals surface area contributed by atoms with Gasteiger partial charge in [-0.3, -0.25) is 0 Å². The third kappa shape index (κ3) is 6.28. The monoisotopic (exact) mass is 478 g/mol. The second-order valence-electron chi connectivity index (χ2n) is 8.22. The summed E-state index contributed by atoms with van der Waals surface area (Å²) in [6.45, 7) is 6.12. The molecule has 0 spiro atoms. The van der Waals surface area contributed by atoms with Crippen LogP contribution in [0.3, 0.4) is 0 Å². The normalized spacial score (nSPS) is 15.7. The van der Waals surface area contributed by atoms with Crippen molar-refractivity contribution in [2.24, 2.45) is 0 Å². The van der Waals surface area contributed by atoms with Gasteiger partial charge in [0.25, 0.3) is 0 Å². The maximum absolute atomic E-state index is 12.9. The van der Waals surface area contributed by atoms with Crippen molar-refractivity contribution in [3.63, 3.8) is 0 Å². The number of halogens is 4. The number of ether oxygens (including phenoxy) is 1. The van der Waals surface area contributed by atoms with Gasteiger partial charge in [0.05, 0.1) is 22.7 Å². The van der Waals surface area contributed by atoms with Gasteiger partial charge >= 0.3 is 6.18 Å². The van der Waals surface area contributed by atoms with E-state index in [0.29, 0.717) is 18.1 Å². The maximum Gasteiger partial charge on any atom is 0.417 e. The highest BCUT2D eigenvalue weighted by molar-refractivity contribution is 6.31. The highest BCUT2D eigenvalue weighted by atomic mass is 35.5. The number of hydrogen-bond acceptors (Lipinski definition) is 5. The van der Waals surface area contributed by atoms with E-state index in [1.807, 2.05) is 24.3 Å². The molecule has 1 aromatic heterocycles. The molecular weight excluding hydrogens is 453 g/mol. The summed E-state index contributed by atoms with van der Waals surface area (Å²) in [6.07, 6.45) is -3.51. The van der Waals surface area contributed by atoms with Crippen LogP contribution in [0.15, 0.2) is 48.5 Å². The second kappa shape index (κ2) is 10.2. The largest absolute Gasteiger partial charge is 0.494 e. The Kier molecular flexibility index (Phi) is 7.26. The number of hydrogen-bond donors (Lipinski definition) is 1. The number of pyridine rings is 1. The second-order valence-corrected chi connectivity index (χ2v) is 8.62. The molecule has 9 heteroatoms. The van der Waals surface area contributed by atoms with Crippen LogP contribution in [0.25, 0.3) is 10.9 Å². The third-order valence-corrected chi connectivity index (χ3v) is 6.00. The first kappa shape index (κ1) is 23.6. The van der Waals surface area contributed by atoms with E-state index in [-0.39, 0.29) is 5.02 Å². The molecule has 0 atom stereocenters. The van der Waals surface area contributed by atoms with Crippen LogP contribution in [0.4, 0.5) is 24.7 Å². The Labute approximate surface area is 196 Å². The van der Waals surface area contributed by atoms with E-state index in [2.05, 4.69) is 27.1 Å². The zero-order chi connectivity index (χ0) is 23.4. The molecule has 0 saturated carbocycles. The Hall–Kier alpha value is -2.55. The topological polar surface area (TPSA) is 40.6 Å². The van der Waals surface area contributed by atoms with Gasteiger partial charge in [0.1, 0.15) is 11.6 Å². The number of piperazine rings is 1. The Morgan fingerprint density at radius 3 is 2.55 bits per heavy atom. The molecular formula is C24H26ClF3N4O. The number of nitrogens with one attached hydrogen (secondary N) is 1. The molecule has 2 aromatic carbocycles. The summed E-state index contributed by atoms with van der Waals surface area (Å²) in [5, 5.41) is 3.56. The molecule has 33 heavy (non-hydrogen) atoms. The minimum Gasteiger partial charge on any atom is -0.494 e. The molecule has 1 saturated heterocycles. The summed E-state index contributed by atoms with van der Waals surface area (Å²) in [5.74, 6) is 1.30. The van der Waals surface area contributed by atoms with E-state index in [1.165, 1.54) is 12.1 Å².